The lowest BCUT2D eigenvalue weighted by Gasteiger charge is -2.07. The monoisotopic (exact) mass is 264 g/mol. The highest BCUT2D eigenvalue weighted by molar-refractivity contribution is 6.33. The SMILES string of the molecule is Nc1cc(NC(=O)c2cccc(F)c2)ccc1Cl. The van der Waals surface area contributed by atoms with Crippen molar-refractivity contribution in [3.05, 3.63) is 58.9 Å². The maximum Gasteiger partial charge on any atom is 0.255 e. The summed E-state index contributed by atoms with van der Waals surface area (Å²) in [7, 11) is 0. The van der Waals surface area contributed by atoms with Gasteiger partial charge in [0.1, 0.15) is 5.82 Å². The Morgan fingerprint density at radius 1 is 1.22 bits per heavy atom. The normalized spacial score (nSPS) is 10.1. The average Bonchev–Trinajstić information content (AvgIpc) is 2.34. The van der Waals surface area contributed by atoms with Gasteiger partial charge in [0, 0.05) is 11.3 Å². The van der Waals surface area contributed by atoms with E-state index in [-0.39, 0.29) is 5.56 Å². The fraction of sp³-hybridized carbons (Fsp3) is 0. The molecule has 0 saturated carbocycles. The lowest BCUT2D eigenvalue weighted by Crippen LogP contribution is -2.12. The van der Waals surface area contributed by atoms with Crippen molar-refractivity contribution in [2.24, 2.45) is 0 Å². The van der Waals surface area contributed by atoms with Crippen LogP contribution < -0.4 is 11.1 Å². The van der Waals surface area contributed by atoms with Crippen molar-refractivity contribution >= 4 is 28.9 Å². The molecule has 0 aromatic heterocycles. The van der Waals surface area contributed by atoms with E-state index in [2.05, 4.69) is 5.32 Å². The lowest BCUT2D eigenvalue weighted by molar-refractivity contribution is 0.102. The molecule has 92 valence electrons. The third-order valence-corrected chi connectivity index (χ3v) is 2.68. The zero-order chi connectivity index (χ0) is 13.1. The Morgan fingerprint density at radius 2 is 2.00 bits per heavy atom. The Kier molecular flexibility index (Phi) is 3.48. The van der Waals surface area contributed by atoms with Crippen molar-refractivity contribution in [1.82, 2.24) is 0 Å². The van der Waals surface area contributed by atoms with Gasteiger partial charge in [-0.05, 0) is 36.4 Å². The third kappa shape index (κ3) is 2.78. The first kappa shape index (κ1) is 12.4. The molecule has 0 radical (unpaired) electrons. The fourth-order valence-electron chi connectivity index (χ4n) is 1.45. The number of halogens is 2. The molecule has 0 atom stereocenters. The second-order valence-electron chi connectivity index (χ2n) is 3.70. The van der Waals surface area contributed by atoms with E-state index in [1.165, 1.54) is 18.2 Å². The fourth-order valence-corrected chi connectivity index (χ4v) is 1.57. The smallest absolute Gasteiger partial charge is 0.255 e. The highest BCUT2D eigenvalue weighted by Crippen LogP contribution is 2.22. The number of anilines is 2. The van der Waals surface area contributed by atoms with Gasteiger partial charge in [-0.1, -0.05) is 17.7 Å². The number of nitrogens with one attached hydrogen (secondary N) is 1. The molecule has 0 aliphatic rings. The van der Waals surface area contributed by atoms with Crippen LogP contribution in [0.15, 0.2) is 42.5 Å². The van der Waals surface area contributed by atoms with Crippen LogP contribution in [0.25, 0.3) is 0 Å². The molecule has 0 spiro atoms. The van der Waals surface area contributed by atoms with Crippen molar-refractivity contribution < 1.29 is 9.18 Å². The minimum atomic E-state index is -0.460. The molecular formula is C13H10ClFN2O. The summed E-state index contributed by atoms with van der Waals surface area (Å²) in [5.74, 6) is -0.866. The largest absolute Gasteiger partial charge is 0.397 e. The summed E-state index contributed by atoms with van der Waals surface area (Å²) in [6, 6.07) is 10.2. The van der Waals surface area contributed by atoms with Crippen LogP contribution in [-0.4, -0.2) is 5.91 Å². The molecule has 0 unspecified atom stereocenters. The van der Waals surface area contributed by atoms with Gasteiger partial charge in [-0.15, -0.1) is 0 Å². The summed E-state index contributed by atoms with van der Waals surface area (Å²) in [5.41, 5.74) is 6.73. The number of rotatable bonds is 2. The molecule has 18 heavy (non-hydrogen) atoms. The third-order valence-electron chi connectivity index (χ3n) is 2.34. The Bertz CT molecular complexity index is 601. The van der Waals surface area contributed by atoms with Crippen LogP contribution >= 0.6 is 11.6 Å². The zero-order valence-electron chi connectivity index (χ0n) is 9.28. The molecule has 2 aromatic carbocycles. The van der Waals surface area contributed by atoms with E-state index in [9.17, 15) is 9.18 Å². The van der Waals surface area contributed by atoms with Gasteiger partial charge < -0.3 is 11.1 Å². The van der Waals surface area contributed by atoms with Gasteiger partial charge in [0.15, 0.2) is 0 Å². The second-order valence-corrected chi connectivity index (χ2v) is 4.11. The van der Waals surface area contributed by atoms with E-state index in [1.54, 1.807) is 18.2 Å². The van der Waals surface area contributed by atoms with E-state index >= 15 is 0 Å². The molecule has 0 aliphatic heterocycles. The van der Waals surface area contributed by atoms with Gasteiger partial charge in [-0.25, -0.2) is 4.39 Å². The Morgan fingerprint density at radius 3 is 2.67 bits per heavy atom. The van der Waals surface area contributed by atoms with Crippen LogP contribution in [-0.2, 0) is 0 Å². The molecule has 2 rings (SSSR count). The summed E-state index contributed by atoms with van der Waals surface area (Å²) < 4.78 is 13.0. The average molecular weight is 265 g/mol. The number of nitrogen functional groups attached to an aromatic ring is 1. The first-order valence-electron chi connectivity index (χ1n) is 5.18. The van der Waals surface area contributed by atoms with Gasteiger partial charge >= 0.3 is 0 Å². The van der Waals surface area contributed by atoms with Crippen LogP contribution in [0.3, 0.4) is 0 Å². The summed E-state index contributed by atoms with van der Waals surface area (Å²) in [5, 5.41) is 3.02. The first-order valence-corrected chi connectivity index (χ1v) is 5.56. The van der Waals surface area contributed by atoms with Gasteiger partial charge in [-0.2, -0.15) is 0 Å². The Labute approximate surface area is 108 Å². The maximum absolute atomic E-state index is 13.0. The highest BCUT2D eigenvalue weighted by Gasteiger charge is 2.07. The molecule has 0 aliphatic carbocycles. The van der Waals surface area contributed by atoms with Gasteiger partial charge in [0.25, 0.3) is 5.91 Å². The van der Waals surface area contributed by atoms with Crippen molar-refractivity contribution in [1.29, 1.82) is 0 Å². The number of carbonyl (C=O) groups is 1. The Hall–Kier alpha value is -2.07. The summed E-state index contributed by atoms with van der Waals surface area (Å²) in [6.45, 7) is 0. The lowest BCUT2D eigenvalue weighted by atomic mass is 10.2. The molecule has 0 heterocycles. The Balaban J connectivity index is 2.18. The number of hydrogen-bond donors (Lipinski definition) is 2. The summed E-state index contributed by atoms with van der Waals surface area (Å²) >= 11 is 5.77. The van der Waals surface area contributed by atoms with E-state index in [1.807, 2.05) is 0 Å². The summed E-state index contributed by atoms with van der Waals surface area (Å²) in [6.07, 6.45) is 0. The molecule has 0 saturated heterocycles. The number of carbonyl (C=O) groups excluding carboxylic acids is 1. The molecule has 0 bridgehead atoms. The molecule has 3 N–H and O–H groups in total. The van der Waals surface area contributed by atoms with Crippen molar-refractivity contribution in [2.45, 2.75) is 0 Å². The minimum Gasteiger partial charge on any atom is -0.397 e. The summed E-state index contributed by atoms with van der Waals surface area (Å²) in [4.78, 5) is 11.8. The van der Waals surface area contributed by atoms with Crippen LogP contribution in [0.4, 0.5) is 15.8 Å². The van der Waals surface area contributed by atoms with Gasteiger partial charge in [-0.3, -0.25) is 4.79 Å². The number of amides is 1. The van der Waals surface area contributed by atoms with E-state index in [0.717, 1.165) is 6.07 Å². The van der Waals surface area contributed by atoms with Crippen molar-refractivity contribution in [3.63, 3.8) is 0 Å². The van der Waals surface area contributed by atoms with Crippen LogP contribution in [0, 0.1) is 5.82 Å². The number of nitrogens with two attached hydrogens (primary N) is 1. The number of hydrogen-bond acceptors (Lipinski definition) is 2. The predicted octanol–water partition coefficient (Wildman–Crippen LogP) is 3.31. The van der Waals surface area contributed by atoms with Crippen LogP contribution in [0.5, 0.6) is 0 Å². The van der Waals surface area contributed by atoms with E-state index in [0.29, 0.717) is 16.4 Å². The van der Waals surface area contributed by atoms with Crippen molar-refractivity contribution in [3.8, 4) is 0 Å². The zero-order valence-corrected chi connectivity index (χ0v) is 10.0. The van der Waals surface area contributed by atoms with E-state index in [4.69, 9.17) is 17.3 Å². The molecule has 2 aromatic rings. The standard InChI is InChI=1S/C13H10ClFN2O/c14-11-5-4-10(7-12(11)16)17-13(18)8-2-1-3-9(15)6-8/h1-7H,16H2,(H,17,18). The van der Waals surface area contributed by atoms with E-state index < -0.39 is 11.7 Å². The molecular weight excluding hydrogens is 255 g/mol. The van der Waals surface area contributed by atoms with Gasteiger partial charge in [0.05, 0.1) is 10.7 Å². The van der Waals surface area contributed by atoms with Crippen LogP contribution in [0.1, 0.15) is 10.4 Å². The molecule has 0 fully saturated rings. The highest BCUT2D eigenvalue weighted by atomic mass is 35.5. The topological polar surface area (TPSA) is 55.1 Å². The predicted molar refractivity (Wildman–Crippen MR) is 70.2 cm³/mol. The number of benzene rings is 2. The quantitative estimate of drug-likeness (QED) is 0.818. The molecule has 5 heteroatoms. The first-order chi connectivity index (χ1) is 8.56. The maximum atomic E-state index is 13.0. The van der Waals surface area contributed by atoms with Crippen LogP contribution in [0.2, 0.25) is 5.02 Å². The minimum absolute atomic E-state index is 0.239. The molecule has 3 nitrogen and oxygen atoms in total. The van der Waals surface area contributed by atoms with Crippen molar-refractivity contribution in [2.75, 3.05) is 11.1 Å². The molecule has 1 amide bonds. The second kappa shape index (κ2) is 5.06. The van der Waals surface area contributed by atoms with Gasteiger partial charge in [0.2, 0.25) is 0 Å².